The van der Waals surface area contributed by atoms with Crippen molar-refractivity contribution >= 4 is 36.1 Å². The molecule has 0 bridgehead atoms. The van der Waals surface area contributed by atoms with Gasteiger partial charge in [0.15, 0.2) is 18.5 Å². The van der Waals surface area contributed by atoms with Gasteiger partial charge in [0.2, 0.25) is 0 Å². The third-order valence-electron chi connectivity index (χ3n) is 2.40. The van der Waals surface area contributed by atoms with Crippen molar-refractivity contribution < 1.29 is 14.1 Å². The zero-order chi connectivity index (χ0) is 15.0. The molecule has 0 spiro atoms. The summed E-state index contributed by atoms with van der Waals surface area (Å²) < 4.78 is 7.00. The molecule has 0 amide bonds. The number of nitriles is 1. The molecule has 0 N–H and O–H groups in total. The molecule has 0 fully saturated rings. The van der Waals surface area contributed by atoms with Crippen LogP contribution in [0.5, 0.6) is 0 Å². The predicted octanol–water partition coefficient (Wildman–Crippen LogP) is 2.17. The lowest BCUT2D eigenvalue weighted by Crippen LogP contribution is -2.31. The van der Waals surface area contributed by atoms with Crippen LogP contribution in [0.15, 0.2) is 28.8 Å². The second kappa shape index (κ2) is 8.56. The maximum Gasteiger partial charge on any atom is 0.306 e. The number of carbonyl (C=O) groups excluding carboxylic acids is 1. The molecule has 1 heterocycles. The monoisotopic (exact) mass is 308 g/mol. The summed E-state index contributed by atoms with van der Waals surface area (Å²) >= 11 is 6.55. The largest absolute Gasteiger partial charge is 0.766 e. The quantitative estimate of drug-likeness (QED) is 0.349. The molecule has 1 aromatic rings. The Hall–Kier alpha value is -1.58. The van der Waals surface area contributed by atoms with Crippen molar-refractivity contribution in [1.82, 2.24) is 0 Å². The van der Waals surface area contributed by atoms with Crippen molar-refractivity contribution in [1.29, 1.82) is 5.26 Å². The summed E-state index contributed by atoms with van der Waals surface area (Å²) in [5.74, 6) is 0.263. The number of esters is 1. The number of nitrogens with zero attached hydrogens (tertiary/aromatic N) is 2. The van der Waals surface area contributed by atoms with E-state index in [2.05, 4.69) is 6.07 Å². The number of aryl methyl sites for hydroxylation is 1. The minimum atomic E-state index is -0.246. The Bertz CT molecular complexity index is 533. The summed E-state index contributed by atoms with van der Waals surface area (Å²) in [7, 11) is 0. The van der Waals surface area contributed by atoms with Gasteiger partial charge in [0, 0.05) is 17.9 Å². The van der Waals surface area contributed by atoms with Crippen LogP contribution in [0.4, 0.5) is 0 Å². The molecule has 20 heavy (non-hydrogen) atoms. The van der Waals surface area contributed by atoms with Crippen molar-refractivity contribution in [3.05, 3.63) is 34.3 Å². The van der Waals surface area contributed by atoms with Crippen LogP contribution in [0.3, 0.4) is 0 Å². The maximum atomic E-state index is 11.2. The number of hydrogen-bond donors (Lipinski definition) is 0. The molecule has 0 saturated carbocycles. The zero-order valence-corrected chi connectivity index (χ0v) is 13.1. The van der Waals surface area contributed by atoms with Gasteiger partial charge in [0.25, 0.3) is 5.70 Å². The molecule has 0 aliphatic heterocycles. The Morgan fingerprint density at radius 3 is 2.70 bits per heavy atom. The van der Waals surface area contributed by atoms with Crippen LogP contribution in [0, 0.1) is 18.3 Å². The lowest BCUT2D eigenvalue weighted by Gasteiger charge is -2.10. The number of carbonyl (C=O) groups is 1. The van der Waals surface area contributed by atoms with Gasteiger partial charge in [-0.3, -0.25) is 4.79 Å². The summed E-state index contributed by atoms with van der Waals surface area (Å²) in [5.41, 5.74) is 1.51. The van der Waals surface area contributed by atoms with E-state index in [1.165, 1.54) is 11.8 Å². The second-order valence-electron chi connectivity index (χ2n) is 3.93. The zero-order valence-electron chi connectivity index (χ0n) is 11.5. The van der Waals surface area contributed by atoms with Crippen LogP contribution in [-0.2, 0) is 22.2 Å². The van der Waals surface area contributed by atoms with E-state index >= 15 is 0 Å². The average molecular weight is 308 g/mol. The molecule has 0 saturated heterocycles. The fourth-order valence-corrected chi connectivity index (χ4v) is 2.53. The number of pyridine rings is 1. The normalized spacial score (nSPS) is 11.4. The minimum Gasteiger partial charge on any atom is -0.766 e. The van der Waals surface area contributed by atoms with Crippen LogP contribution in [0.1, 0.15) is 18.9 Å². The minimum absolute atomic E-state index is 0.246. The van der Waals surface area contributed by atoms with Crippen LogP contribution >= 0.6 is 11.8 Å². The third-order valence-corrected chi connectivity index (χ3v) is 3.81. The first-order valence-corrected chi connectivity index (χ1v) is 7.56. The van der Waals surface area contributed by atoms with Crippen molar-refractivity contribution in [3.63, 3.8) is 0 Å². The lowest BCUT2D eigenvalue weighted by atomic mass is 10.3. The van der Waals surface area contributed by atoms with E-state index in [9.17, 15) is 10.1 Å². The fourth-order valence-electron chi connectivity index (χ4n) is 1.39. The van der Waals surface area contributed by atoms with E-state index in [4.69, 9.17) is 17.4 Å². The number of aromatic nitrogens is 1. The van der Waals surface area contributed by atoms with Gasteiger partial charge in [-0.2, -0.15) is 9.83 Å². The van der Waals surface area contributed by atoms with Crippen LogP contribution in [0.2, 0.25) is 0 Å². The lowest BCUT2D eigenvalue weighted by molar-refractivity contribution is -0.577. The maximum absolute atomic E-state index is 11.2. The van der Waals surface area contributed by atoms with Crippen molar-refractivity contribution in [3.8, 4) is 6.07 Å². The molecule has 0 unspecified atom stereocenters. The molecular formula is C14H16N2O2S2. The first kappa shape index (κ1) is 16.5. The summed E-state index contributed by atoms with van der Waals surface area (Å²) in [6.07, 6.45) is 3.88. The average Bonchev–Trinajstić information content (AvgIpc) is 2.42. The number of allylic oxidation sites excluding steroid dienone is 1. The van der Waals surface area contributed by atoms with Gasteiger partial charge in [0.05, 0.1) is 13.0 Å². The SMILES string of the molecule is CCOC(=O)CCSC([S-])=C(C#N)[n+]1ccc(C)cc1. The standard InChI is InChI=1S/C14H16N2O2S2/c1-3-18-13(17)6-9-20-14(19)12(10-15)16-7-4-11(2)5-8-16/h4-5,7-8H,3,6,9H2,1-2H3. The molecule has 0 aromatic carbocycles. The summed E-state index contributed by atoms with van der Waals surface area (Å²) in [6.45, 7) is 4.12. The molecule has 1 aromatic heterocycles. The first-order chi connectivity index (χ1) is 9.58. The Labute approximate surface area is 128 Å². The van der Waals surface area contributed by atoms with E-state index in [0.29, 0.717) is 22.3 Å². The van der Waals surface area contributed by atoms with E-state index < -0.39 is 0 Å². The van der Waals surface area contributed by atoms with Gasteiger partial charge >= 0.3 is 5.97 Å². The Kier molecular flexibility index (Phi) is 7.05. The molecular weight excluding hydrogens is 292 g/mol. The van der Waals surface area contributed by atoms with Crippen molar-refractivity contribution in [2.24, 2.45) is 0 Å². The molecule has 106 valence electrons. The van der Waals surface area contributed by atoms with Gasteiger partial charge in [0.1, 0.15) is 0 Å². The molecule has 1 rings (SSSR count). The van der Waals surface area contributed by atoms with Crippen molar-refractivity contribution in [2.45, 2.75) is 20.3 Å². The van der Waals surface area contributed by atoms with Crippen LogP contribution in [0.25, 0.3) is 5.70 Å². The third kappa shape index (κ3) is 5.19. The van der Waals surface area contributed by atoms with Gasteiger partial charge in [-0.25, -0.2) is 0 Å². The number of hydrogen-bond acceptors (Lipinski definition) is 5. The molecule has 6 heteroatoms. The smallest absolute Gasteiger partial charge is 0.306 e. The number of rotatable bonds is 6. The molecule has 0 radical (unpaired) electrons. The Morgan fingerprint density at radius 1 is 1.50 bits per heavy atom. The van der Waals surface area contributed by atoms with E-state index in [-0.39, 0.29) is 12.4 Å². The highest BCUT2D eigenvalue weighted by molar-refractivity contribution is 8.11. The molecule has 0 aliphatic carbocycles. The Balaban J connectivity index is 2.69. The molecule has 4 nitrogen and oxygen atoms in total. The van der Waals surface area contributed by atoms with Crippen molar-refractivity contribution in [2.75, 3.05) is 12.4 Å². The molecule has 0 aliphatic rings. The van der Waals surface area contributed by atoms with E-state index in [0.717, 1.165) is 5.56 Å². The fraction of sp³-hybridized carbons (Fsp3) is 0.357. The van der Waals surface area contributed by atoms with Crippen LogP contribution < -0.4 is 4.57 Å². The second-order valence-corrected chi connectivity index (χ2v) is 5.71. The van der Waals surface area contributed by atoms with E-state index in [1.807, 2.05) is 19.1 Å². The highest BCUT2D eigenvalue weighted by atomic mass is 32.2. The van der Waals surface area contributed by atoms with Gasteiger partial charge < -0.3 is 17.4 Å². The van der Waals surface area contributed by atoms with Gasteiger partial charge in [-0.05, 0) is 19.4 Å². The summed E-state index contributed by atoms with van der Waals surface area (Å²) in [4.78, 5) is 11.2. The number of thioether (sulfide) groups is 1. The van der Waals surface area contributed by atoms with Gasteiger partial charge in [-0.1, -0.05) is 4.24 Å². The highest BCUT2D eigenvalue weighted by Crippen LogP contribution is 2.19. The van der Waals surface area contributed by atoms with Crippen LogP contribution in [-0.4, -0.2) is 18.3 Å². The molecule has 0 atom stereocenters. The summed E-state index contributed by atoms with van der Waals surface area (Å²) in [6, 6.07) is 5.91. The van der Waals surface area contributed by atoms with E-state index in [1.54, 1.807) is 23.9 Å². The Morgan fingerprint density at radius 2 is 2.15 bits per heavy atom. The van der Waals surface area contributed by atoms with Gasteiger partial charge in [-0.15, -0.1) is 11.8 Å². The topological polar surface area (TPSA) is 54.0 Å². The number of ether oxygens (including phenoxy) is 1. The summed E-state index contributed by atoms with van der Waals surface area (Å²) in [5, 5.41) is 9.21. The highest BCUT2D eigenvalue weighted by Gasteiger charge is 2.10. The first-order valence-electron chi connectivity index (χ1n) is 6.16. The predicted molar refractivity (Wildman–Crippen MR) is 81.3 cm³/mol.